The first-order chi connectivity index (χ1) is 11.1. The topological polar surface area (TPSA) is 58.4 Å². The van der Waals surface area contributed by atoms with Gasteiger partial charge in [-0.1, -0.05) is 30.3 Å². The summed E-state index contributed by atoms with van der Waals surface area (Å²) in [5.74, 6) is 1.57. The van der Waals surface area contributed by atoms with Crippen molar-refractivity contribution in [2.24, 2.45) is 0 Å². The van der Waals surface area contributed by atoms with Gasteiger partial charge in [0.25, 0.3) is 0 Å². The fourth-order valence-electron chi connectivity index (χ4n) is 2.98. The molecule has 1 aromatic carbocycles. The summed E-state index contributed by atoms with van der Waals surface area (Å²) < 4.78 is 5.86. The highest BCUT2D eigenvalue weighted by molar-refractivity contribution is 5.85. The molecule has 2 heterocycles. The summed E-state index contributed by atoms with van der Waals surface area (Å²) in [6.07, 6.45) is 2.00. The van der Waals surface area contributed by atoms with E-state index in [0.717, 1.165) is 36.5 Å². The summed E-state index contributed by atoms with van der Waals surface area (Å²) >= 11 is 0. The van der Waals surface area contributed by atoms with Crippen LogP contribution in [0.4, 0.5) is 0 Å². The van der Waals surface area contributed by atoms with Gasteiger partial charge in [0.15, 0.2) is 11.7 Å². The van der Waals surface area contributed by atoms with E-state index in [1.165, 1.54) is 0 Å². The highest BCUT2D eigenvalue weighted by atomic mass is 35.5. The summed E-state index contributed by atoms with van der Waals surface area (Å²) in [4.78, 5) is 18.6. The van der Waals surface area contributed by atoms with E-state index in [1.807, 2.05) is 49.2 Å². The number of halogens is 2. The van der Waals surface area contributed by atoms with Gasteiger partial charge in [0.05, 0.1) is 5.69 Å². The predicted octanol–water partition coefficient (Wildman–Crippen LogP) is 3.25. The molecule has 1 fully saturated rings. The molecule has 1 unspecified atom stereocenters. The molecule has 5 nitrogen and oxygen atoms in total. The number of likely N-dealkylation sites (N-methyl/N-ethyl adjacent to an activating group) is 1. The Morgan fingerprint density at radius 2 is 2.04 bits per heavy atom. The van der Waals surface area contributed by atoms with E-state index in [2.05, 4.69) is 10.3 Å². The molecule has 2 aromatic rings. The molecule has 0 bridgehead atoms. The Kier molecular flexibility index (Phi) is 8.42. The van der Waals surface area contributed by atoms with Gasteiger partial charge in [0.2, 0.25) is 5.91 Å². The molecule has 0 radical (unpaired) electrons. The van der Waals surface area contributed by atoms with Crippen LogP contribution >= 0.6 is 24.8 Å². The molecule has 1 N–H and O–H groups in total. The zero-order valence-corrected chi connectivity index (χ0v) is 16.2. The molecule has 1 aliphatic rings. The number of carbonyl (C=O) groups excluding carboxylic acids is 1. The lowest BCUT2D eigenvalue weighted by Crippen LogP contribution is -2.38. The number of benzene rings is 1. The Morgan fingerprint density at radius 3 is 2.68 bits per heavy atom. The average molecular weight is 386 g/mol. The summed E-state index contributed by atoms with van der Waals surface area (Å²) in [5.41, 5.74) is 1.89. The summed E-state index contributed by atoms with van der Waals surface area (Å²) in [5, 5.41) is 3.29. The number of nitrogens with zero attached hydrogens (tertiary/aromatic N) is 2. The standard InChI is InChI=1S/C18H23N3O2.2ClH/c1-13-18(14-6-4-3-5-7-14)23-16(20-13)8-9-17(22)21(2)15-10-11-19-12-15;;/h3-7,15,19H,8-12H2,1-2H3;2*1H. The summed E-state index contributed by atoms with van der Waals surface area (Å²) in [6, 6.07) is 10.2. The van der Waals surface area contributed by atoms with Crippen molar-refractivity contribution in [2.45, 2.75) is 32.2 Å². The maximum Gasteiger partial charge on any atom is 0.223 e. The van der Waals surface area contributed by atoms with Crippen LogP contribution in [0.1, 0.15) is 24.4 Å². The maximum atomic E-state index is 12.3. The third kappa shape index (κ3) is 5.21. The van der Waals surface area contributed by atoms with E-state index in [0.29, 0.717) is 24.8 Å². The van der Waals surface area contributed by atoms with Gasteiger partial charge >= 0.3 is 0 Å². The number of carbonyl (C=O) groups is 1. The molecule has 0 saturated carbocycles. The van der Waals surface area contributed by atoms with Gasteiger partial charge in [-0.05, 0) is 19.9 Å². The highest BCUT2D eigenvalue weighted by Gasteiger charge is 2.23. The number of aryl methyl sites for hydroxylation is 2. The maximum absolute atomic E-state index is 12.3. The third-order valence-corrected chi connectivity index (χ3v) is 4.41. The lowest BCUT2D eigenvalue weighted by molar-refractivity contribution is -0.131. The molecule has 0 spiro atoms. The van der Waals surface area contributed by atoms with Crippen molar-refractivity contribution in [2.75, 3.05) is 20.1 Å². The minimum Gasteiger partial charge on any atom is -0.440 e. The first-order valence-corrected chi connectivity index (χ1v) is 8.13. The number of hydrogen-bond acceptors (Lipinski definition) is 4. The summed E-state index contributed by atoms with van der Waals surface area (Å²) in [7, 11) is 1.89. The van der Waals surface area contributed by atoms with Gasteiger partial charge in [0, 0.05) is 38.0 Å². The van der Waals surface area contributed by atoms with Gasteiger partial charge in [-0.25, -0.2) is 4.98 Å². The second-order valence-corrected chi connectivity index (χ2v) is 6.04. The minimum atomic E-state index is 0. The van der Waals surface area contributed by atoms with Crippen LogP contribution in [0, 0.1) is 6.92 Å². The Bertz CT molecular complexity index is 670. The van der Waals surface area contributed by atoms with Crippen molar-refractivity contribution < 1.29 is 9.21 Å². The first-order valence-electron chi connectivity index (χ1n) is 8.13. The highest BCUT2D eigenvalue weighted by Crippen LogP contribution is 2.24. The normalized spacial score (nSPS) is 16.0. The second kappa shape index (κ2) is 9.80. The van der Waals surface area contributed by atoms with Crippen LogP contribution in [0.3, 0.4) is 0 Å². The largest absolute Gasteiger partial charge is 0.440 e. The lowest BCUT2D eigenvalue weighted by Gasteiger charge is -2.23. The molecule has 1 saturated heterocycles. The van der Waals surface area contributed by atoms with Crippen LogP contribution in [0.2, 0.25) is 0 Å². The zero-order valence-electron chi connectivity index (χ0n) is 14.5. The van der Waals surface area contributed by atoms with Crippen molar-refractivity contribution in [1.82, 2.24) is 15.2 Å². The zero-order chi connectivity index (χ0) is 16.2. The first kappa shape index (κ1) is 21.5. The van der Waals surface area contributed by atoms with Crippen molar-refractivity contribution >= 4 is 30.7 Å². The van der Waals surface area contributed by atoms with Gasteiger partial charge in [-0.3, -0.25) is 4.79 Å². The van der Waals surface area contributed by atoms with Gasteiger partial charge in [0.1, 0.15) is 0 Å². The van der Waals surface area contributed by atoms with Crippen LogP contribution < -0.4 is 5.32 Å². The fraction of sp³-hybridized carbons (Fsp3) is 0.444. The van der Waals surface area contributed by atoms with Crippen LogP contribution in [0.5, 0.6) is 0 Å². The Morgan fingerprint density at radius 1 is 1.32 bits per heavy atom. The molecular weight excluding hydrogens is 361 g/mol. The number of amides is 1. The molecule has 0 aliphatic carbocycles. The number of oxazole rings is 1. The van der Waals surface area contributed by atoms with E-state index >= 15 is 0 Å². The van der Waals surface area contributed by atoms with Crippen LogP contribution in [0.15, 0.2) is 34.7 Å². The molecule has 138 valence electrons. The molecule has 7 heteroatoms. The minimum absolute atomic E-state index is 0. The summed E-state index contributed by atoms with van der Waals surface area (Å²) in [6.45, 7) is 3.81. The lowest BCUT2D eigenvalue weighted by atomic mass is 10.1. The Hall–Kier alpha value is -1.56. The molecule has 3 rings (SSSR count). The van der Waals surface area contributed by atoms with Crippen molar-refractivity contribution in [3.8, 4) is 11.3 Å². The van der Waals surface area contributed by atoms with Gasteiger partial charge in [-0.15, -0.1) is 24.8 Å². The van der Waals surface area contributed by atoms with E-state index in [-0.39, 0.29) is 30.7 Å². The van der Waals surface area contributed by atoms with E-state index < -0.39 is 0 Å². The molecule has 1 aliphatic heterocycles. The predicted molar refractivity (Wildman–Crippen MR) is 104 cm³/mol. The second-order valence-electron chi connectivity index (χ2n) is 6.04. The van der Waals surface area contributed by atoms with Gasteiger partial charge in [-0.2, -0.15) is 0 Å². The number of aromatic nitrogens is 1. The molecule has 1 aromatic heterocycles. The van der Waals surface area contributed by atoms with Crippen molar-refractivity contribution in [1.29, 1.82) is 0 Å². The van der Waals surface area contributed by atoms with E-state index in [1.54, 1.807) is 0 Å². The Labute approximate surface area is 161 Å². The molecule has 1 atom stereocenters. The van der Waals surface area contributed by atoms with E-state index in [4.69, 9.17) is 4.42 Å². The number of rotatable bonds is 5. The van der Waals surface area contributed by atoms with Gasteiger partial charge < -0.3 is 14.6 Å². The fourth-order valence-corrected chi connectivity index (χ4v) is 2.98. The van der Waals surface area contributed by atoms with Crippen molar-refractivity contribution in [3.05, 3.63) is 41.9 Å². The third-order valence-electron chi connectivity index (χ3n) is 4.41. The number of hydrogen-bond donors (Lipinski definition) is 1. The monoisotopic (exact) mass is 385 g/mol. The molecular formula is C18H25Cl2N3O2. The quantitative estimate of drug-likeness (QED) is 0.857. The van der Waals surface area contributed by atoms with E-state index in [9.17, 15) is 4.79 Å². The molecule has 25 heavy (non-hydrogen) atoms. The van der Waals surface area contributed by atoms with Crippen LogP contribution in [0.25, 0.3) is 11.3 Å². The SMILES string of the molecule is Cc1nc(CCC(=O)N(C)C2CCNC2)oc1-c1ccccc1.Cl.Cl. The van der Waals surface area contributed by atoms with Crippen LogP contribution in [-0.4, -0.2) is 42.0 Å². The number of nitrogens with one attached hydrogen (secondary N) is 1. The van der Waals surface area contributed by atoms with Crippen LogP contribution in [-0.2, 0) is 11.2 Å². The molecule has 1 amide bonds. The average Bonchev–Trinajstić information content (AvgIpc) is 3.22. The smallest absolute Gasteiger partial charge is 0.223 e. The van der Waals surface area contributed by atoms with Crippen molar-refractivity contribution in [3.63, 3.8) is 0 Å². The Balaban J connectivity index is 0.00000156.